The van der Waals surface area contributed by atoms with Crippen LogP contribution >= 0.6 is 0 Å². The van der Waals surface area contributed by atoms with Gasteiger partial charge in [-0.1, -0.05) is 0 Å². The monoisotopic (exact) mass is 219 g/mol. The van der Waals surface area contributed by atoms with E-state index >= 15 is 0 Å². The zero-order chi connectivity index (χ0) is 11.4. The first-order valence-electron chi connectivity index (χ1n) is 4.41. The molecule has 1 aromatic rings. The summed E-state index contributed by atoms with van der Waals surface area (Å²) < 4.78 is 52.4. The second-order valence-electron chi connectivity index (χ2n) is 3.96. The first-order valence-corrected chi connectivity index (χ1v) is 4.41. The molecule has 0 aromatic heterocycles. The summed E-state index contributed by atoms with van der Waals surface area (Å²) in [6.07, 6.45) is -0.711. The zero-order valence-corrected chi connectivity index (χ0v) is 7.95. The molecule has 0 amide bonds. The lowest BCUT2D eigenvalue weighted by Crippen LogP contribution is -2.29. The molecule has 1 aromatic carbocycles. The Bertz CT molecular complexity index is 406. The Morgan fingerprint density at radius 3 is 1.93 bits per heavy atom. The summed E-state index contributed by atoms with van der Waals surface area (Å²) in [7, 11) is 0. The third-order valence-corrected chi connectivity index (χ3v) is 2.66. The molecule has 15 heavy (non-hydrogen) atoms. The first-order chi connectivity index (χ1) is 6.78. The molecular weight excluding hydrogens is 210 g/mol. The summed E-state index contributed by atoms with van der Waals surface area (Å²) in [6, 6.07) is 2.00. The van der Waals surface area contributed by atoms with Crippen LogP contribution in [-0.2, 0) is 5.54 Å². The number of rotatable bonds is 1. The lowest BCUT2D eigenvalue weighted by molar-refractivity contribution is 0.0871. The van der Waals surface area contributed by atoms with E-state index in [1.165, 1.54) is 6.92 Å². The maximum atomic E-state index is 13.3. The van der Waals surface area contributed by atoms with Gasteiger partial charge in [-0.15, -0.1) is 0 Å². The van der Waals surface area contributed by atoms with Crippen LogP contribution in [0.4, 0.5) is 17.6 Å². The molecule has 2 N–H and O–H groups in total. The molecule has 1 atom stereocenters. The van der Waals surface area contributed by atoms with E-state index < -0.39 is 35.1 Å². The summed E-state index contributed by atoms with van der Waals surface area (Å²) in [5.41, 5.74) is 2.72. The SMILES string of the molecule is Cc1cc(F)c(C2(N)CC2(F)F)c(F)c1. The number of hydrogen-bond donors (Lipinski definition) is 1. The van der Waals surface area contributed by atoms with Gasteiger partial charge in [0.2, 0.25) is 0 Å². The lowest BCUT2D eigenvalue weighted by Gasteiger charge is -2.13. The van der Waals surface area contributed by atoms with Gasteiger partial charge in [0.25, 0.3) is 5.92 Å². The largest absolute Gasteiger partial charge is 0.316 e. The molecule has 5 heteroatoms. The fourth-order valence-electron chi connectivity index (χ4n) is 1.70. The predicted octanol–water partition coefficient (Wildman–Crippen LogP) is 2.47. The quantitative estimate of drug-likeness (QED) is 0.721. The molecular formula is C10H9F4N. The van der Waals surface area contributed by atoms with E-state index in [-0.39, 0.29) is 0 Å². The van der Waals surface area contributed by atoms with E-state index in [1.807, 2.05) is 0 Å². The van der Waals surface area contributed by atoms with Crippen molar-refractivity contribution in [3.8, 4) is 0 Å². The van der Waals surface area contributed by atoms with Crippen molar-refractivity contribution in [2.24, 2.45) is 5.73 Å². The van der Waals surface area contributed by atoms with Crippen LogP contribution in [0.5, 0.6) is 0 Å². The number of nitrogens with two attached hydrogens (primary N) is 1. The van der Waals surface area contributed by atoms with Crippen molar-refractivity contribution in [1.82, 2.24) is 0 Å². The first kappa shape index (κ1) is 10.4. The highest BCUT2D eigenvalue weighted by Crippen LogP contribution is 2.58. The molecule has 0 aliphatic heterocycles. The van der Waals surface area contributed by atoms with Gasteiger partial charge in [0.1, 0.15) is 17.2 Å². The second kappa shape index (κ2) is 2.72. The third-order valence-electron chi connectivity index (χ3n) is 2.66. The molecule has 0 saturated heterocycles. The zero-order valence-electron chi connectivity index (χ0n) is 7.95. The average molecular weight is 219 g/mol. The molecule has 0 bridgehead atoms. The van der Waals surface area contributed by atoms with Crippen LogP contribution in [0, 0.1) is 18.6 Å². The summed E-state index contributed by atoms with van der Waals surface area (Å²) in [5.74, 6) is -5.23. The minimum atomic E-state index is -3.22. The van der Waals surface area contributed by atoms with Crippen molar-refractivity contribution < 1.29 is 17.6 Å². The van der Waals surface area contributed by atoms with Gasteiger partial charge < -0.3 is 5.73 Å². The normalized spacial score (nSPS) is 27.9. The summed E-state index contributed by atoms with van der Waals surface area (Å²) in [4.78, 5) is 0. The number of hydrogen-bond acceptors (Lipinski definition) is 1. The smallest absolute Gasteiger partial charge is 0.272 e. The van der Waals surface area contributed by atoms with Crippen LogP contribution < -0.4 is 5.73 Å². The topological polar surface area (TPSA) is 26.0 Å². The molecule has 1 fully saturated rings. The molecule has 1 aliphatic carbocycles. The van der Waals surface area contributed by atoms with Crippen molar-refractivity contribution in [3.63, 3.8) is 0 Å². The van der Waals surface area contributed by atoms with Crippen molar-refractivity contribution in [3.05, 3.63) is 34.9 Å². The summed E-state index contributed by atoms with van der Waals surface area (Å²) in [5, 5.41) is 0. The standard InChI is InChI=1S/C10H9F4N/c1-5-2-6(11)8(7(12)3-5)9(15)4-10(9,13)14/h2-3H,4,15H2,1H3. The molecule has 0 spiro atoms. The highest BCUT2D eigenvalue weighted by molar-refractivity contribution is 5.39. The molecule has 1 aliphatic rings. The fourth-order valence-corrected chi connectivity index (χ4v) is 1.70. The fraction of sp³-hybridized carbons (Fsp3) is 0.400. The lowest BCUT2D eigenvalue weighted by atomic mass is 10.0. The Kier molecular flexibility index (Phi) is 1.89. The van der Waals surface area contributed by atoms with Crippen LogP contribution in [0.1, 0.15) is 17.5 Å². The van der Waals surface area contributed by atoms with Gasteiger partial charge in [-0.05, 0) is 24.6 Å². The minimum Gasteiger partial charge on any atom is -0.316 e. The van der Waals surface area contributed by atoms with Gasteiger partial charge in [0.15, 0.2) is 0 Å². The highest BCUT2D eigenvalue weighted by Gasteiger charge is 2.71. The number of alkyl halides is 2. The molecule has 1 saturated carbocycles. The molecule has 1 nitrogen and oxygen atoms in total. The number of benzene rings is 1. The average Bonchev–Trinajstić information content (AvgIpc) is 2.47. The highest BCUT2D eigenvalue weighted by atomic mass is 19.3. The summed E-state index contributed by atoms with van der Waals surface area (Å²) in [6.45, 7) is 1.48. The van der Waals surface area contributed by atoms with Crippen molar-refractivity contribution in [2.75, 3.05) is 0 Å². The van der Waals surface area contributed by atoms with Crippen LogP contribution in [0.25, 0.3) is 0 Å². The van der Waals surface area contributed by atoms with Gasteiger partial charge >= 0.3 is 0 Å². The van der Waals surface area contributed by atoms with E-state index in [9.17, 15) is 17.6 Å². The third kappa shape index (κ3) is 1.33. The molecule has 0 radical (unpaired) electrons. The van der Waals surface area contributed by atoms with E-state index in [0.717, 1.165) is 12.1 Å². The maximum absolute atomic E-state index is 13.3. The van der Waals surface area contributed by atoms with Gasteiger partial charge in [0.05, 0.1) is 0 Å². The van der Waals surface area contributed by atoms with Gasteiger partial charge in [-0.2, -0.15) is 0 Å². The molecule has 2 rings (SSSR count). The van der Waals surface area contributed by atoms with E-state index in [2.05, 4.69) is 0 Å². The van der Waals surface area contributed by atoms with Gasteiger partial charge in [0, 0.05) is 12.0 Å². The van der Waals surface area contributed by atoms with Gasteiger partial charge in [-0.25, -0.2) is 17.6 Å². The van der Waals surface area contributed by atoms with Crippen LogP contribution in [0.3, 0.4) is 0 Å². The maximum Gasteiger partial charge on any atom is 0.272 e. The Morgan fingerprint density at radius 1 is 1.20 bits per heavy atom. The van der Waals surface area contributed by atoms with E-state index in [1.54, 1.807) is 0 Å². The van der Waals surface area contributed by atoms with Crippen molar-refractivity contribution >= 4 is 0 Å². The summed E-state index contributed by atoms with van der Waals surface area (Å²) >= 11 is 0. The van der Waals surface area contributed by atoms with Crippen LogP contribution in [0.2, 0.25) is 0 Å². The number of aryl methyl sites for hydroxylation is 1. The van der Waals surface area contributed by atoms with Crippen molar-refractivity contribution in [2.45, 2.75) is 24.8 Å². The van der Waals surface area contributed by atoms with E-state index in [4.69, 9.17) is 5.73 Å². The van der Waals surface area contributed by atoms with Gasteiger partial charge in [-0.3, -0.25) is 0 Å². The van der Waals surface area contributed by atoms with Crippen LogP contribution in [0.15, 0.2) is 12.1 Å². The Hall–Kier alpha value is -1.10. The molecule has 0 heterocycles. The number of halogens is 4. The minimum absolute atomic E-state index is 0.335. The van der Waals surface area contributed by atoms with Crippen molar-refractivity contribution in [1.29, 1.82) is 0 Å². The second-order valence-corrected chi connectivity index (χ2v) is 3.96. The van der Waals surface area contributed by atoms with Crippen LogP contribution in [-0.4, -0.2) is 5.92 Å². The predicted molar refractivity (Wildman–Crippen MR) is 46.5 cm³/mol. The molecule has 82 valence electrons. The Morgan fingerprint density at radius 2 is 1.60 bits per heavy atom. The molecule has 1 unspecified atom stereocenters. The van der Waals surface area contributed by atoms with E-state index in [0.29, 0.717) is 5.56 Å². The Balaban J connectivity index is 2.56. The Labute approximate surface area is 83.9 Å².